The number of hydrogen-bond donors (Lipinski definition) is 0. The van der Waals surface area contributed by atoms with E-state index in [1.165, 1.54) is 6.07 Å². The van der Waals surface area contributed by atoms with E-state index in [4.69, 9.17) is 0 Å². The van der Waals surface area contributed by atoms with Gasteiger partial charge in [0.2, 0.25) is 0 Å². The highest BCUT2D eigenvalue weighted by Crippen LogP contribution is 2.23. The van der Waals surface area contributed by atoms with Crippen LogP contribution in [-0.2, 0) is 12.8 Å². The molecule has 4 heteroatoms. The molecule has 4 nitrogen and oxygen atoms in total. The molecule has 0 heterocycles. The molecule has 134 valence electrons. The van der Waals surface area contributed by atoms with Crippen molar-refractivity contribution < 1.29 is 19.8 Å². The maximum absolute atomic E-state index is 11.7. The van der Waals surface area contributed by atoms with Crippen molar-refractivity contribution in [2.45, 2.75) is 78.1 Å². The molecule has 24 heavy (non-hydrogen) atoms. The minimum Gasteiger partial charge on any atom is -0.545 e. The molecule has 0 amide bonds. The van der Waals surface area contributed by atoms with Gasteiger partial charge in [-0.1, -0.05) is 64.5 Å². The molecule has 0 fully saturated rings. The second kappa shape index (κ2) is 10.8. The fourth-order valence-electron chi connectivity index (χ4n) is 3.08. The first kappa shape index (κ1) is 20.2. The second-order valence-corrected chi connectivity index (χ2v) is 6.32. The van der Waals surface area contributed by atoms with Crippen LogP contribution in [0.2, 0.25) is 0 Å². The molecule has 0 unspecified atom stereocenters. The van der Waals surface area contributed by atoms with Crippen LogP contribution in [0.25, 0.3) is 0 Å². The van der Waals surface area contributed by atoms with Crippen LogP contribution in [0.3, 0.4) is 0 Å². The van der Waals surface area contributed by atoms with Crippen LogP contribution in [0.4, 0.5) is 0 Å². The summed E-state index contributed by atoms with van der Waals surface area (Å²) in [4.78, 5) is 23.0. The molecule has 1 aromatic carbocycles. The zero-order valence-corrected chi connectivity index (χ0v) is 14.9. The summed E-state index contributed by atoms with van der Waals surface area (Å²) in [6.45, 7) is 4.21. The van der Waals surface area contributed by atoms with Crippen LogP contribution in [0.15, 0.2) is 12.1 Å². The van der Waals surface area contributed by atoms with Gasteiger partial charge >= 0.3 is 0 Å². The van der Waals surface area contributed by atoms with E-state index < -0.39 is 11.9 Å². The van der Waals surface area contributed by atoms with Crippen molar-refractivity contribution >= 4 is 11.9 Å². The number of carboxylic acid groups (broad SMARTS) is 2. The van der Waals surface area contributed by atoms with Crippen molar-refractivity contribution in [3.8, 4) is 0 Å². The zero-order chi connectivity index (χ0) is 17.9. The molecule has 0 bridgehead atoms. The topological polar surface area (TPSA) is 80.3 Å². The van der Waals surface area contributed by atoms with Gasteiger partial charge in [-0.25, -0.2) is 0 Å². The lowest BCUT2D eigenvalue weighted by Crippen LogP contribution is -2.29. The third kappa shape index (κ3) is 5.99. The van der Waals surface area contributed by atoms with Crippen LogP contribution < -0.4 is 10.2 Å². The van der Waals surface area contributed by atoms with Crippen molar-refractivity contribution in [1.29, 1.82) is 0 Å². The molecule has 0 saturated heterocycles. The Balaban J connectivity index is 3.07. The van der Waals surface area contributed by atoms with Crippen molar-refractivity contribution in [1.82, 2.24) is 0 Å². The van der Waals surface area contributed by atoms with Crippen molar-refractivity contribution in [3.63, 3.8) is 0 Å². The van der Waals surface area contributed by atoms with Crippen LogP contribution in [0.1, 0.15) is 97.1 Å². The fourth-order valence-corrected chi connectivity index (χ4v) is 3.08. The Kier molecular flexibility index (Phi) is 9.13. The van der Waals surface area contributed by atoms with Crippen LogP contribution in [-0.4, -0.2) is 11.9 Å². The van der Waals surface area contributed by atoms with Crippen LogP contribution in [0, 0.1) is 0 Å². The Morgan fingerprint density at radius 1 is 0.792 bits per heavy atom. The van der Waals surface area contributed by atoms with Crippen molar-refractivity contribution in [3.05, 3.63) is 34.4 Å². The lowest BCUT2D eigenvalue weighted by atomic mass is 9.89. The summed E-state index contributed by atoms with van der Waals surface area (Å²) < 4.78 is 0. The van der Waals surface area contributed by atoms with Crippen molar-refractivity contribution in [2.75, 3.05) is 0 Å². The number of rotatable bonds is 12. The van der Waals surface area contributed by atoms with Gasteiger partial charge in [0.1, 0.15) is 0 Å². The maximum atomic E-state index is 11.7. The normalized spacial score (nSPS) is 10.8. The Labute approximate surface area is 144 Å². The molecule has 0 atom stereocenters. The number of aryl methyl sites for hydroxylation is 1. The zero-order valence-electron chi connectivity index (χ0n) is 14.9. The summed E-state index contributed by atoms with van der Waals surface area (Å²) in [6, 6.07) is 3.10. The third-order valence-electron chi connectivity index (χ3n) is 4.40. The van der Waals surface area contributed by atoms with Crippen LogP contribution in [0.5, 0.6) is 0 Å². The van der Waals surface area contributed by atoms with E-state index in [9.17, 15) is 19.8 Å². The Morgan fingerprint density at radius 3 is 1.88 bits per heavy atom. The molecule has 0 spiro atoms. The van der Waals surface area contributed by atoms with Gasteiger partial charge in [-0.05, 0) is 36.8 Å². The minimum absolute atomic E-state index is 0.0111. The first-order chi connectivity index (χ1) is 11.5. The molecule has 0 aliphatic heterocycles. The first-order valence-electron chi connectivity index (χ1n) is 9.10. The summed E-state index contributed by atoms with van der Waals surface area (Å²) in [6.07, 6.45) is 9.08. The number of benzene rings is 1. The van der Waals surface area contributed by atoms with Gasteiger partial charge in [0.25, 0.3) is 0 Å². The number of aromatic carboxylic acids is 2. The SMILES string of the molecule is CCCCCCc1ccc(C(=O)[O-])c(CCCCCC)c1C(=O)[O-]. The molecule has 0 saturated carbocycles. The Bertz CT molecular complexity index is 549. The predicted molar refractivity (Wildman–Crippen MR) is 90.8 cm³/mol. The lowest BCUT2D eigenvalue weighted by Gasteiger charge is -2.20. The lowest BCUT2D eigenvalue weighted by molar-refractivity contribution is -0.255. The highest BCUT2D eigenvalue weighted by Gasteiger charge is 2.15. The molecule has 1 rings (SSSR count). The molecule has 0 aliphatic carbocycles. The summed E-state index contributed by atoms with van der Waals surface area (Å²) >= 11 is 0. The van der Waals surface area contributed by atoms with E-state index in [2.05, 4.69) is 13.8 Å². The van der Waals surface area contributed by atoms with E-state index in [0.717, 1.165) is 51.4 Å². The van der Waals surface area contributed by atoms with Gasteiger partial charge in [-0.15, -0.1) is 0 Å². The highest BCUT2D eigenvalue weighted by atomic mass is 16.4. The monoisotopic (exact) mass is 332 g/mol. The number of carbonyl (C=O) groups excluding carboxylic acids is 2. The fraction of sp³-hybridized carbons (Fsp3) is 0.600. The number of unbranched alkanes of at least 4 members (excludes halogenated alkanes) is 6. The molecular weight excluding hydrogens is 304 g/mol. The van der Waals surface area contributed by atoms with Gasteiger partial charge in [0, 0.05) is 11.1 Å². The molecule has 0 radical (unpaired) electrons. The van der Waals surface area contributed by atoms with Crippen molar-refractivity contribution in [2.24, 2.45) is 0 Å². The predicted octanol–water partition coefficient (Wildman–Crippen LogP) is 2.66. The van der Waals surface area contributed by atoms with E-state index >= 15 is 0 Å². The van der Waals surface area contributed by atoms with Gasteiger partial charge in [-0.3, -0.25) is 0 Å². The van der Waals surface area contributed by atoms with E-state index in [1.54, 1.807) is 6.07 Å². The van der Waals surface area contributed by atoms with Gasteiger partial charge < -0.3 is 19.8 Å². The maximum Gasteiger partial charge on any atom is 0.0721 e. The van der Waals surface area contributed by atoms with Crippen LogP contribution >= 0.6 is 0 Å². The summed E-state index contributed by atoms with van der Waals surface area (Å²) in [7, 11) is 0. The number of carboxylic acids is 2. The quantitative estimate of drug-likeness (QED) is 0.551. The molecule has 0 N–H and O–H groups in total. The van der Waals surface area contributed by atoms with E-state index in [0.29, 0.717) is 24.0 Å². The summed E-state index contributed by atoms with van der Waals surface area (Å²) in [5.41, 5.74) is 1.12. The Morgan fingerprint density at radius 2 is 1.38 bits per heavy atom. The van der Waals surface area contributed by atoms with E-state index in [-0.39, 0.29) is 11.1 Å². The molecule has 1 aromatic rings. The van der Waals surface area contributed by atoms with E-state index in [1.807, 2.05) is 0 Å². The van der Waals surface area contributed by atoms with Gasteiger partial charge in [0.15, 0.2) is 0 Å². The Hall–Kier alpha value is -1.84. The number of hydrogen-bond acceptors (Lipinski definition) is 4. The smallest absolute Gasteiger partial charge is 0.0721 e. The standard InChI is InChI=1S/C20H30O4/c1-3-5-7-9-11-15-13-14-17(19(21)22)16(18(15)20(23)24)12-10-8-6-4-2/h13-14H,3-12H2,1-2H3,(H,21,22)(H,23,24)/p-2. The first-order valence-corrected chi connectivity index (χ1v) is 9.10. The third-order valence-corrected chi connectivity index (χ3v) is 4.40. The van der Waals surface area contributed by atoms with Gasteiger partial charge in [0.05, 0.1) is 11.9 Å². The minimum atomic E-state index is -1.32. The average Bonchev–Trinajstić information content (AvgIpc) is 2.54. The highest BCUT2D eigenvalue weighted by molar-refractivity contribution is 5.96. The molecule has 0 aromatic heterocycles. The van der Waals surface area contributed by atoms with Gasteiger partial charge in [-0.2, -0.15) is 0 Å². The molecular formula is C20H28O4-2. The second-order valence-electron chi connectivity index (χ2n) is 6.32. The average molecular weight is 332 g/mol. The summed E-state index contributed by atoms with van der Waals surface area (Å²) in [5, 5.41) is 23.0. The largest absolute Gasteiger partial charge is 0.545 e. The summed E-state index contributed by atoms with van der Waals surface area (Å²) in [5.74, 6) is -2.60. The number of carbonyl (C=O) groups is 2. The molecule has 0 aliphatic rings.